The van der Waals surface area contributed by atoms with E-state index in [0.29, 0.717) is 6.04 Å². The summed E-state index contributed by atoms with van der Waals surface area (Å²) in [5, 5.41) is 3.64. The summed E-state index contributed by atoms with van der Waals surface area (Å²) in [6, 6.07) is 1.33. The van der Waals surface area contributed by atoms with E-state index in [1.54, 1.807) is 0 Å². The van der Waals surface area contributed by atoms with E-state index in [-0.39, 0.29) is 0 Å². The molecule has 1 heterocycles. The summed E-state index contributed by atoms with van der Waals surface area (Å²) in [4.78, 5) is 0. The molecule has 72 valence electrons. The Balaban J connectivity index is 2.31. The zero-order valence-corrected chi connectivity index (χ0v) is 8.18. The van der Waals surface area contributed by atoms with Crippen LogP contribution in [0, 0.1) is 0 Å². The van der Waals surface area contributed by atoms with Gasteiger partial charge in [0.15, 0.2) is 0 Å². The highest BCUT2D eigenvalue weighted by Crippen LogP contribution is 2.15. The van der Waals surface area contributed by atoms with Crippen LogP contribution >= 0.6 is 0 Å². The second kappa shape index (κ2) is 5.55. The molecule has 12 heavy (non-hydrogen) atoms. The average molecular weight is 170 g/mol. The lowest BCUT2D eigenvalue weighted by molar-refractivity contribution is 0.411. The highest BCUT2D eigenvalue weighted by Gasteiger charge is 2.16. The molecule has 2 unspecified atom stereocenters. The van der Waals surface area contributed by atoms with Crippen molar-refractivity contribution in [3.05, 3.63) is 0 Å². The van der Waals surface area contributed by atoms with E-state index in [9.17, 15) is 0 Å². The molecular formula is C10H22N2. The predicted octanol–water partition coefficient (Wildman–Crippen LogP) is 1.65. The van der Waals surface area contributed by atoms with Gasteiger partial charge in [0.1, 0.15) is 0 Å². The van der Waals surface area contributed by atoms with Crippen LogP contribution in [0.3, 0.4) is 0 Å². The number of nitrogens with two attached hydrogens (primary N) is 1. The third kappa shape index (κ3) is 3.11. The topological polar surface area (TPSA) is 38.0 Å². The molecule has 0 aromatic heterocycles. The van der Waals surface area contributed by atoms with Crippen molar-refractivity contribution in [3.8, 4) is 0 Å². The summed E-state index contributed by atoms with van der Waals surface area (Å²) in [6.07, 6.45) is 7.97. The number of nitrogens with one attached hydrogen (secondary N) is 1. The minimum atomic E-state index is 0.587. The van der Waals surface area contributed by atoms with Gasteiger partial charge in [0.25, 0.3) is 0 Å². The van der Waals surface area contributed by atoms with Crippen LogP contribution < -0.4 is 11.1 Å². The van der Waals surface area contributed by atoms with Crippen LogP contribution in [-0.2, 0) is 0 Å². The third-order valence-electron chi connectivity index (χ3n) is 2.75. The van der Waals surface area contributed by atoms with Crippen molar-refractivity contribution in [1.82, 2.24) is 5.32 Å². The van der Waals surface area contributed by atoms with Gasteiger partial charge in [-0.3, -0.25) is 0 Å². The first-order valence-electron chi connectivity index (χ1n) is 5.33. The smallest absolute Gasteiger partial charge is 0.0192 e. The van der Waals surface area contributed by atoms with Gasteiger partial charge in [-0.25, -0.2) is 0 Å². The largest absolute Gasteiger partial charge is 0.329 e. The van der Waals surface area contributed by atoms with Gasteiger partial charge in [-0.2, -0.15) is 0 Å². The molecule has 0 aromatic rings. The highest BCUT2D eigenvalue weighted by molar-refractivity contribution is 4.78. The molecule has 0 aliphatic carbocycles. The van der Waals surface area contributed by atoms with Crippen LogP contribution in [-0.4, -0.2) is 18.6 Å². The fourth-order valence-electron chi connectivity index (χ4n) is 2.04. The summed E-state index contributed by atoms with van der Waals surface area (Å²) in [5.74, 6) is 0. The van der Waals surface area contributed by atoms with Gasteiger partial charge >= 0.3 is 0 Å². The fraction of sp³-hybridized carbons (Fsp3) is 1.00. The normalized spacial score (nSPS) is 31.5. The van der Waals surface area contributed by atoms with Crippen molar-refractivity contribution in [2.45, 2.75) is 57.5 Å². The maximum absolute atomic E-state index is 5.67. The molecule has 2 heteroatoms. The van der Waals surface area contributed by atoms with Crippen LogP contribution in [0.5, 0.6) is 0 Å². The monoisotopic (exact) mass is 170 g/mol. The lowest BCUT2D eigenvalue weighted by Crippen LogP contribution is -2.41. The lowest BCUT2D eigenvalue weighted by atomic mass is 10.1. The van der Waals surface area contributed by atoms with Crippen LogP contribution in [0.1, 0.15) is 45.4 Å². The van der Waals surface area contributed by atoms with Gasteiger partial charge in [-0.1, -0.05) is 26.2 Å². The van der Waals surface area contributed by atoms with Gasteiger partial charge < -0.3 is 11.1 Å². The van der Waals surface area contributed by atoms with E-state index in [2.05, 4.69) is 12.2 Å². The molecule has 3 N–H and O–H groups in total. The Labute approximate surface area is 75.9 Å². The molecule has 1 saturated heterocycles. The molecule has 1 aliphatic rings. The minimum absolute atomic E-state index is 0.587. The summed E-state index contributed by atoms with van der Waals surface area (Å²) in [7, 11) is 0. The van der Waals surface area contributed by atoms with Gasteiger partial charge in [0, 0.05) is 18.6 Å². The molecule has 1 rings (SSSR count). The standard InChI is InChI=1S/C10H22N2/c1-2-5-9-6-3-4-7-10(8-11)12-9/h9-10,12H,2-8,11H2,1H3. The molecule has 0 amide bonds. The lowest BCUT2D eigenvalue weighted by Gasteiger charge is -2.20. The Morgan fingerprint density at radius 1 is 1.25 bits per heavy atom. The Bertz CT molecular complexity index is 114. The maximum Gasteiger partial charge on any atom is 0.0192 e. The van der Waals surface area contributed by atoms with Gasteiger partial charge in [-0.15, -0.1) is 0 Å². The average Bonchev–Trinajstić information content (AvgIpc) is 2.30. The molecule has 0 spiro atoms. The summed E-state index contributed by atoms with van der Waals surface area (Å²) >= 11 is 0. The molecule has 1 aliphatic heterocycles. The van der Waals surface area contributed by atoms with Crippen molar-refractivity contribution in [2.24, 2.45) is 5.73 Å². The van der Waals surface area contributed by atoms with Crippen molar-refractivity contribution in [2.75, 3.05) is 6.54 Å². The molecule has 1 fully saturated rings. The van der Waals surface area contributed by atoms with Crippen molar-refractivity contribution < 1.29 is 0 Å². The highest BCUT2D eigenvalue weighted by atomic mass is 15.0. The SMILES string of the molecule is CCCC1CCCCC(CN)N1. The van der Waals surface area contributed by atoms with Gasteiger partial charge in [0.05, 0.1) is 0 Å². The Hall–Kier alpha value is -0.0800. The van der Waals surface area contributed by atoms with E-state index in [1.807, 2.05) is 0 Å². The van der Waals surface area contributed by atoms with E-state index >= 15 is 0 Å². The molecule has 0 aromatic carbocycles. The van der Waals surface area contributed by atoms with E-state index < -0.39 is 0 Å². The van der Waals surface area contributed by atoms with Crippen molar-refractivity contribution in [1.29, 1.82) is 0 Å². The minimum Gasteiger partial charge on any atom is -0.329 e. The van der Waals surface area contributed by atoms with Crippen molar-refractivity contribution >= 4 is 0 Å². The molecule has 2 atom stereocenters. The van der Waals surface area contributed by atoms with Crippen molar-refractivity contribution in [3.63, 3.8) is 0 Å². The van der Waals surface area contributed by atoms with Gasteiger partial charge in [0.2, 0.25) is 0 Å². The Morgan fingerprint density at radius 3 is 2.50 bits per heavy atom. The third-order valence-corrected chi connectivity index (χ3v) is 2.75. The fourth-order valence-corrected chi connectivity index (χ4v) is 2.04. The van der Waals surface area contributed by atoms with Crippen LogP contribution in [0.2, 0.25) is 0 Å². The number of hydrogen-bond acceptors (Lipinski definition) is 2. The molecule has 0 radical (unpaired) electrons. The number of hydrogen-bond donors (Lipinski definition) is 2. The molecular weight excluding hydrogens is 148 g/mol. The second-order valence-corrected chi connectivity index (χ2v) is 3.87. The maximum atomic E-state index is 5.67. The zero-order valence-electron chi connectivity index (χ0n) is 8.18. The number of rotatable bonds is 3. The first kappa shape index (κ1) is 10.0. The molecule has 0 bridgehead atoms. The van der Waals surface area contributed by atoms with Crippen LogP contribution in [0.15, 0.2) is 0 Å². The van der Waals surface area contributed by atoms with E-state index in [0.717, 1.165) is 12.6 Å². The summed E-state index contributed by atoms with van der Waals surface area (Å²) < 4.78 is 0. The molecule has 0 saturated carbocycles. The summed E-state index contributed by atoms with van der Waals surface area (Å²) in [6.45, 7) is 3.06. The van der Waals surface area contributed by atoms with Gasteiger partial charge in [-0.05, 0) is 19.3 Å². The quantitative estimate of drug-likeness (QED) is 0.676. The summed E-state index contributed by atoms with van der Waals surface area (Å²) in [5.41, 5.74) is 5.67. The first-order chi connectivity index (χ1) is 5.86. The van der Waals surface area contributed by atoms with E-state index in [4.69, 9.17) is 5.73 Å². The Morgan fingerprint density at radius 2 is 1.92 bits per heavy atom. The zero-order chi connectivity index (χ0) is 8.81. The van der Waals surface area contributed by atoms with Crippen LogP contribution in [0.25, 0.3) is 0 Å². The predicted molar refractivity (Wildman–Crippen MR) is 53.1 cm³/mol. The van der Waals surface area contributed by atoms with Crippen LogP contribution in [0.4, 0.5) is 0 Å². The van der Waals surface area contributed by atoms with E-state index in [1.165, 1.54) is 38.5 Å². The Kier molecular flexibility index (Phi) is 4.62. The second-order valence-electron chi connectivity index (χ2n) is 3.87. The first-order valence-corrected chi connectivity index (χ1v) is 5.33. The molecule has 2 nitrogen and oxygen atoms in total.